The van der Waals surface area contributed by atoms with Gasteiger partial charge in [0.25, 0.3) is 0 Å². The number of hydrogen-bond acceptors (Lipinski definition) is 5. The van der Waals surface area contributed by atoms with Gasteiger partial charge in [-0.25, -0.2) is 14.0 Å². The van der Waals surface area contributed by atoms with Crippen LogP contribution in [0.5, 0.6) is 0 Å². The number of ether oxygens (including phenoxy) is 3. The summed E-state index contributed by atoms with van der Waals surface area (Å²) in [4.78, 5) is 25.4. The summed E-state index contributed by atoms with van der Waals surface area (Å²) in [6.07, 6.45) is -1.65. The summed E-state index contributed by atoms with van der Waals surface area (Å²) >= 11 is 0. The topological polar surface area (TPSA) is 61.8 Å². The molecule has 1 atom stereocenters. The van der Waals surface area contributed by atoms with Gasteiger partial charge in [-0.05, 0) is 41.0 Å². The molecule has 0 radical (unpaired) electrons. The van der Waals surface area contributed by atoms with Crippen molar-refractivity contribution in [3.05, 3.63) is 179 Å². The van der Waals surface area contributed by atoms with E-state index in [1.54, 1.807) is 60.7 Å². The first-order chi connectivity index (χ1) is 21.6. The maximum absolute atomic E-state index is 16.3. The number of esters is 2. The SMILES string of the molecule is O=C(OCC(COC(=O)c1ccccc1)C(F)COC(c1ccccc1)(c1ccccc1)c1ccccc1)c1ccccc1. The zero-order chi connectivity index (χ0) is 30.6. The van der Waals surface area contributed by atoms with Gasteiger partial charge in [0.1, 0.15) is 25.0 Å². The standard InChI is InChI=1S/C38H33FO5/c39-35(31(26-42-36(40)29-16-6-1-7-17-29)27-43-37(41)30-18-8-2-9-19-30)28-44-38(32-20-10-3-11-21-32,33-22-12-4-13-23-33)34-24-14-5-15-25-34/h1-25,31,35H,26-28H2. The molecule has 0 aliphatic carbocycles. The highest BCUT2D eigenvalue weighted by atomic mass is 19.1. The van der Waals surface area contributed by atoms with E-state index in [0.29, 0.717) is 11.1 Å². The van der Waals surface area contributed by atoms with Crippen LogP contribution in [-0.4, -0.2) is 37.9 Å². The molecule has 0 saturated carbocycles. The van der Waals surface area contributed by atoms with E-state index in [4.69, 9.17) is 14.2 Å². The molecule has 5 rings (SSSR count). The van der Waals surface area contributed by atoms with Crippen molar-refractivity contribution in [1.82, 2.24) is 0 Å². The van der Waals surface area contributed by atoms with Crippen LogP contribution in [0, 0.1) is 5.92 Å². The predicted octanol–water partition coefficient (Wildman–Crippen LogP) is 7.66. The van der Waals surface area contributed by atoms with Crippen LogP contribution >= 0.6 is 0 Å². The fourth-order valence-corrected chi connectivity index (χ4v) is 5.05. The lowest BCUT2D eigenvalue weighted by atomic mass is 9.80. The molecule has 5 aromatic rings. The van der Waals surface area contributed by atoms with Gasteiger partial charge in [-0.2, -0.15) is 0 Å². The van der Waals surface area contributed by atoms with E-state index in [1.165, 1.54) is 0 Å². The fraction of sp³-hybridized carbons (Fsp3) is 0.158. The Kier molecular flexibility index (Phi) is 10.3. The van der Waals surface area contributed by atoms with Gasteiger partial charge in [0.05, 0.1) is 23.7 Å². The van der Waals surface area contributed by atoms with Crippen LogP contribution in [0.2, 0.25) is 0 Å². The Morgan fingerprint density at radius 3 is 1.16 bits per heavy atom. The molecular formula is C38H33FO5. The van der Waals surface area contributed by atoms with Gasteiger partial charge < -0.3 is 14.2 Å². The number of hydrogen-bond donors (Lipinski definition) is 0. The van der Waals surface area contributed by atoms with Gasteiger partial charge in [0.2, 0.25) is 0 Å². The minimum atomic E-state index is -1.65. The number of carbonyl (C=O) groups excluding carboxylic acids is 2. The van der Waals surface area contributed by atoms with E-state index in [0.717, 1.165) is 16.7 Å². The molecular weight excluding hydrogens is 555 g/mol. The molecule has 1 unspecified atom stereocenters. The summed E-state index contributed by atoms with van der Waals surface area (Å²) < 4.78 is 34.0. The molecule has 222 valence electrons. The van der Waals surface area contributed by atoms with Gasteiger partial charge >= 0.3 is 11.9 Å². The normalized spacial score (nSPS) is 12.0. The van der Waals surface area contributed by atoms with Crippen molar-refractivity contribution >= 4 is 11.9 Å². The van der Waals surface area contributed by atoms with Gasteiger partial charge in [0, 0.05) is 0 Å². The van der Waals surface area contributed by atoms with Crippen LogP contribution in [-0.2, 0) is 19.8 Å². The quantitative estimate of drug-likeness (QED) is 0.104. The lowest BCUT2D eigenvalue weighted by Crippen LogP contribution is -2.38. The molecule has 6 heteroatoms. The average molecular weight is 589 g/mol. The molecule has 5 aromatic carbocycles. The first-order valence-electron chi connectivity index (χ1n) is 14.5. The van der Waals surface area contributed by atoms with Crippen molar-refractivity contribution in [3.8, 4) is 0 Å². The van der Waals surface area contributed by atoms with Crippen molar-refractivity contribution < 1.29 is 28.2 Å². The van der Waals surface area contributed by atoms with Gasteiger partial charge in [-0.1, -0.05) is 127 Å². The van der Waals surface area contributed by atoms with E-state index in [9.17, 15) is 9.59 Å². The molecule has 0 spiro atoms. The minimum absolute atomic E-state index is 0.310. The first kappa shape index (κ1) is 30.4. The molecule has 0 saturated heterocycles. The smallest absolute Gasteiger partial charge is 0.338 e. The summed E-state index contributed by atoms with van der Waals surface area (Å²) in [6, 6.07) is 45.9. The summed E-state index contributed by atoms with van der Waals surface area (Å²) in [6.45, 7) is -0.986. The number of alkyl halides is 1. The Morgan fingerprint density at radius 2 is 0.818 bits per heavy atom. The lowest BCUT2D eigenvalue weighted by Gasteiger charge is -2.37. The zero-order valence-electron chi connectivity index (χ0n) is 24.1. The van der Waals surface area contributed by atoms with Gasteiger partial charge in [0.15, 0.2) is 0 Å². The van der Waals surface area contributed by atoms with Crippen LogP contribution in [0.15, 0.2) is 152 Å². The van der Waals surface area contributed by atoms with Crippen LogP contribution < -0.4 is 0 Å². The highest BCUT2D eigenvalue weighted by molar-refractivity contribution is 5.89. The van der Waals surface area contributed by atoms with Gasteiger partial charge in [-0.3, -0.25) is 0 Å². The second kappa shape index (κ2) is 14.9. The highest BCUT2D eigenvalue weighted by Crippen LogP contribution is 2.40. The van der Waals surface area contributed by atoms with Crippen molar-refractivity contribution in [3.63, 3.8) is 0 Å². The van der Waals surface area contributed by atoms with Crippen molar-refractivity contribution in [2.75, 3.05) is 19.8 Å². The summed E-state index contributed by atoms with van der Waals surface area (Å²) in [5.41, 5.74) is 2.03. The molecule has 0 fully saturated rings. The third-order valence-corrected chi connectivity index (χ3v) is 7.39. The van der Waals surface area contributed by atoms with Crippen LogP contribution in [0.1, 0.15) is 37.4 Å². The molecule has 44 heavy (non-hydrogen) atoms. The Hall–Kier alpha value is -5.07. The molecule has 0 heterocycles. The van der Waals surface area contributed by atoms with Crippen LogP contribution in [0.3, 0.4) is 0 Å². The summed E-state index contributed by atoms with van der Waals surface area (Å²) in [5, 5.41) is 0. The fourth-order valence-electron chi connectivity index (χ4n) is 5.05. The Balaban J connectivity index is 1.42. The van der Waals surface area contributed by atoms with Crippen molar-refractivity contribution in [2.24, 2.45) is 5.92 Å². The summed E-state index contributed by atoms with van der Waals surface area (Å²) in [5.74, 6) is -2.18. The zero-order valence-corrected chi connectivity index (χ0v) is 24.1. The van der Waals surface area contributed by atoms with Crippen LogP contribution in [0.25, 0.3) is 0 Å². The highest BCUT2D eigenvalue weighted by Gasteiger charge is 2.39. The lowest BCUT2D eigenvalue weighted by molar-refractivity contribution is -0.0485. The minimum Gasteiger partial charge on any atom is -0.462 e. The molecule has 0 aromatic heterocycles. The first-order valence-corrected chi connectivity index (χ1v) is 14.5. The molecule has 0 N–H and O–H groups in total. The number of carbonyl (C=O) groups is 2. The third-order valence-electron chi connectivity index (χ3n) is 7.39. The Morgan fingerprint density at radius 1 is 0.500 bits per heavy atom. The van der Waals surface area contributed by atoms with E-state index < -0.39 is 29.6 Å². The van der Waals surface area contributed by atoms with Crippen LogP contribution in [0.4, 0.5) is 4.39 Å². The number of benzene rings is 5. The van der Waals surface area contributed by atoms with E-state index in [2.05, 4.69) is 0 Å². The maximum Gasteiger partial charge on any atom is 0.338 e. The van der Waals surface area contributed by atoms with Gasteiger partial charge in [-0.15, -0.1) is 0 Å². The number of rotatable bonds is 13. The van der Waals surface area contributed by atoms with E-state index in [1.807, 2.05) is 91.0 Å². The Bertz CT molecular complexity index is 1440. The molecule has 5 nitrogen and oxygen atoms in total. The van der Waals surface area contributed by atoms with Crippen molar-refractivity contribution in [1.29, 1.82) is 0 Å². The molecule has 0 aliphatic rings. The third kappa shape index (κ3) is 7.28. The monoisotopic (exact) mass is 588 g/mol. The van der Waals surface area contributed by atoms with E-state index >= 15 is 4.39 Å². The maximum atomic E-state index is 16.3. The molecule has 0 aliphatic heterocycles. The summed E-state index contributed by atoms with van der Waals surface area (Å²) in [7, 11) is 0. The average Bonchev–Trinajstić information content (AvgIpc) is 3.10. The molecule has 0 bridgehead atoms. The second-order valence-electron chi connectivity index (χ2n) is 10.3. The molecule has 0 amide bonds. The Labute approximate surface area is 256 Å². The van der Waals surface area contributed by atoms with E-state index in [-0.39, 0.29) is 19.8 Å². The second-order valence-corrected chi connectivity index (χ2v) is 10.3. The number of halogens is 1. The largest absolute Gasteiger partial charge is 0.462 e. The van der Waals surface area contributed by atoms with Crippen molar-refractivity contribution in [2.45, 2.75) is 11.8 Å². The predicted molar refractivity (Wildman–Crippen MR) is 167 cm³/mol.